The molecular weight excluding hydrogens is 114 g/mol. The molecule has 0 unspecified atom stereocenters. The fourth-order valence-corrected chi connectivity index (χ4v) is 0.214. The Hall–Kier alpha value is -0.220. The average Bonchev–Trinajstić information content (AvgIpc) is 1.65. The third kappa shape index (κ3) is 2.47. The van der Waals surface area contributed by atoms with Gasteiger partial charge in [-0.3, -0.25) is 4.79 Å². The van der Waals surface area contributed by atoms with Gasteiger partial charge in [0.05, 0.1) is 0 Å². The van der Waals surface area contributed by atoms with Crippen LogP contribution in [0, 0.1) is 0 Å². The summed E-state index contributed by atoms with van der Waals surface area (Å²) >= 11 is 4.35. The van der Waals surface area contributed by atoms with Gasteiger partial charge in [-0.05, 0) is 0 Å². The molecule has 0 aromatic carbocycles. The molecule has 0 aliphatic carbocycles. The summed E-state index contributed by atoms with van der Waals surface area (Å²) in [5.74, 6) is -0.954. The van der Waals surface area contributed by atoms with Crippen LogP contribution >= 0.6 is 12.6 Å². The summed E-state index contributed by atoms with van der Waals surface area (Å²) in [7, 11) is 0. The van der Waals surface area contributed by atoms with Gasteiger partial charge >= 0.3 is 5.97 Å². The van der Waals surface area contributed by atoms with Crippen molar-refractivity contribution in [1.82, 2.24) is 0 Å². The number of aliphatic carboxylic acids is 1. The second-order valence-corrected chi connectivity index (χ2v) is 1.44. The van der Waals surface area contributed by atoms with Crippen LogP contribution in [0.5, 0.6) is 0 Å². The second kappa shape index (κ2) is 2.87. The van der Waals surface area contributed by atoms with E-state index in [4.69, 9.17) is 10.8 Å². The molecule has 41 valence electrons. The molecule has 7 heavy (non-hydrogen) atoms. The minimum absolute atomic E-state index is 0.0787. The molecular formula is C3H6NO2S. The Balaban J connectivity index is 3.34. The van der Waals surface area contributed by atoms with E-state index in [1.165, 1.54) is 0 Å². The predicted molar refractivity (Wildman–Crippen MR) is 28.1 cm³/mol. The van der Waals surface area contributed by atoms with Gasteiger partial charge in [0.1, 0.15) is 6.04 Å². The first-order chi connectivity index (χ1) is 3.18. The van der Waals surface area contributed by atoms with E-state index in [0.717, 1.165) is 0 Å². The molecule has 3 nitrogen and oxygen atoms in total. The van der Waals surface area contributed by atoms with E-state index in [1.807, 2.05) is 0 Å². The summed E-state index contributed by atoms with van der Waals surface area (Å²) in [6.45, 7) is 0. The van der Waals surface area contributed by atoms with Crippen LogP contribution in [0.25, 0.3) is 0 Å². The lowest BCUT2D eigenvalue weighted by Gasteiger charge is -1.95. The highest BCUT2D eigenvalue weighted by atomic mass is 32.1. The molecule has 0 heterocycles. The molecule has 0 aliphatic rings. The van der Waals surface area contributed by atoms with Crippen molar-refractivity contribution in [3.05, 3.63) is 0 Å². The van der Waals surface area contributed by atoms with Crippen LogP contribution in [0.1, 0.15) is 0 Å². The van der Waals surface area contributed by atoms with Gasteiger partial charge in [0.25, 0.3) is 0 Å². The zero-order chi connectivity index (χ0) is 5.86. The Kier molecular flexibility index (Phi) is 2.78. The van der Waals surface area contributed by atoms with E-state index in [1.54, 1.807) is 0 Å². The molecule has 0 aliphatic heterocycles. The normalized spacial score (nSPS) is 13.4. The van der Waals surface area contributed by atoms with Crippen molar-refractivity contribution in [2.24, 2.45) is 5.73 Å². The summed E-state index contributed by atoms with van der Waals surface area (Å²) in [6.07, 6.45) is 0. The molecule has 0 spiro atoms. The lowest BCUT2D eigenvalue weighted by molar-refractivity contribution is -0.137. The van der Waals surface area contributed by atoms with Crippen molar-refractivity contribution in [1.29, 1.82) is 0 Å². The molecule has 0 bridgehead atoms. The zero-order valence-corrected chi connectivity index (χ0v) is 4.44. The highest BCUT2D eigenvalue weighted by molar-refractivity contribution is 7.80. The summed E-state index contributed by atoms with van der Waals surface area (Å²) < 4.78 is 0. The van der Waals surface area contributed by atoms with Crippen LogP contribution in [0.15, 0.2) is 0 Å². The quantitative estimate of drug-likeness (QED) is 0.521. The van der Waals surface area contributed by atoms with Gasteiger partial charge in [0.2, 0.25) is 0 Å². The van der Waals surface area contributed by atoms with Gasteiger partial charge in [-0.15, -0.1) is 0 Å². The number of hydrogen-bond acceptors (Lipinski definition) is 2. The maximum Gasteiger partial charge on any atom is 0.321 e. The molecule has 0 saturated heterocycles. The molecule has 3 N–H and O–H groups in total. The molecule has 0 fully saturated rings. The van der Waals surface area contributed by atoms with Crippen LogP contribution in [-0.2, 0) is 4.79 Å². The van der Waals surface area contributed by atoms with E-state index in [9.17, 15) is 4.79 Å². The van der Waals surface area contributed by atoms with E-state index in [0.29, 0.717) is 0 Å². The van der Waals surface area contributed by atoms with Gasteiger partial charge in [0, 0.05) is 5.75 Å². The van der Waals surface area contributed by atoms with Crippen LogP contribution in [-0.4, -0.2) is 22.9 Å². The van der Waals surface area contributed by atoms with Crippen LogP contribution in [0.2, 0.25) is 0 Å². The molecule has 1 radical (unpaired) electrons. The van der Waals surface area contributed by atoms with E-state index in [-0.39, 0.29) is 5.75 Å². The fourth-order valence-electron chi connectivity index (χ4n) is 0.0713. The lowest BCUT2D eigenvalue weighted by atomic mass is 10.4. The fraction of sp³-hybridized carbons (Fsp3) is 0.667. The van der Waals surface area contributed by atoms with Crippen LogP contribution in [0.3, 0.4) is 0 Å². The van der Waals surface area contributed by atoms with E-state index >= 15 is 0 Å². The van der Waals surface area contributed by atoms with Crippen LogP contribution in [0.4, 0.5) is 0 Å². The Morgan fingerprint density at radius 3 is 2.43 bits per heavy atom. The monoisotopic (exact) mass is 120 g/mol. The zero-order valence-electron chi connectivity index (χ0n) is 3.63. The number of hydrogen-bond donors (Lipinski definition) is 2. The predicted octanol–water partition coefficient (Wildman–Crippen LogP) is -0.404. The van der Waals surface area contributed by atoms with Crippen molar-refractivity contribution in [2.45, 2.75) is 6.04 Å². The van der Waals surface area contributed by atoms with Gasteiger partial charge in [-0.2, -0.15) is 0 Å². The first-order valence-electron chi connectivity index (χ1n) is 1.75. The number of carboxylic acid groups (broad SMARTS) is 1. The molecule has 0 aromatic heterocycles. The van der Waals surface area contributed by atoms with Gasteiger partial charge in [-0.1, -0.05) is 12.6 Å². The molecule has 0 saturated carbocycles. The Morgan fingerprint density at radius 2 is 2.43 bits per heavy atom. The summed E-state index contributed by atoms with van der Waals surface area (Å²) in [6, 6.07) is -0.866. The largest absolute Gasteiger partial charge is 0.480 e. The van der Waals surface area contributed by atoms with Crippen molar-refractivity contribution >= 4 is 18.6 Å². The highest BCUT2D eigenvalue weighted by Crippen LogP contribution is 1.80. The Labute approximate surface area is 46.9 Å². The maximum atomic E-state index is 9.74. The minimum atomic E-state index is -1.03. The van der Waals surface area contributed by atoms with Gasteiger partial charge in [0.15, 0.2) is 0 Å². The SMILES string of the molecule is N[C@H](C[S])C(=O)O. The number of carboxylic acids is 1. The lowest BCUT2D eigenvalue weighted by Crippen LogP contribution is -2.31. The van der Waals surface area contributed by atoms with Crippen molar-refractivity contribution in [3.8, 4) is 0 Å². The molecule has 1 atom stereocenters. The number of carbonyl (C=O) groups is 1. The average molecular weight is 120 g/mol. The first-order valence-corrected chi connectivity index (χ1v) is 2.32. The third-order valence-corrected chi connectivity index (χ3v) is 0.856. The Morgan fingerprint density at radius 1 is 2.00 bits per heavy atom. The second-order valence-electron chi connectivity index (χ2n) is 1.11. The molecule has 0 rings (SSSR count). The van der Waals surface area contributed by atoms with E-state index in [2.05, 4.69) is 12.6 Å². The maximum absolute atomic E-state index is 9.74. The summed E-state index contributed by atoms with van der Waals surface area (Å²) in [5.41, 5.74) is 4.91. The number of nitrogens with two attached hydrogens (primary N) is 1. The Bertz CT molecular complexity index is 75.3. The van der Waals surface area contributed by atoms with Gasteiger partial charge in [-0.25, -0.2) is 0 Å². The number of rotatable bonds is 2. The first kappa shape index (κ1) is 6.78. The molecule has 0 amide bonds. The van der Waals surface area contributed by atoms with Crippen molar-refractivity contribution < 1.29 is 9.90 Å². The van der Waals surface area contributed by atoms with Gasteiger partial charge < -0.3 is 10.8 Å². The minimum Gasteiger partial charge on any atom is -0.480 e. The third-order valence-electron chi connectivity index (χ3n) is 0.497. The topological polar surface area (TPSA) is 63.3 Å². The molecule has 0 aromatic rings. The highest BCUT2D eigenvalue weighted by Gasteiger charge is 2.06. The summed E-state index contributed by atoms with van der Waals surface area (Å²) in [4.78, 5) is 9.74. The van der Waals surface area contributed by atoms with E-state index < -0.39 is 12.0 Å². The van der Waals surface area contributed by atoms with Crippen molar-refractivity contribution in [3.63, 3.8) is 0 Å². The van der Waals surface area contributed by atoms with Crippen LogP contribution < -0.4 is 5.73 Å². The van der Waals surface area contributed by atoms with Crippen molar-refractivity contribution in [2.75, 3.05) is 5.75 Å². The summed E-state index contributed by atoms with van der Waals surface area (Å²) in [5, 5.41) is 7.99. The molecule has 4 heteroatoms. The standard InChI is InChI=1S/C3H6NO2S/c4-2(1-7)3(5)6/h2H,1,4H2,(H,5,6)/t2-/m1/s1. The smallest absolute Gasteiger partial charge is 0.321 e.